The standard InChI is InChI=1S/C21H26ClF3N4O2/c22-17-9-16(20(3-4-20)21(23,24)25)18(28-27-17)26-15-7-13-10-29(11-14(13)8-15)19(30)12-1-5-31-6-2-12/h9,12-15H,1-8,10-11H2,(H,26,28)/t13-,14+,15+. The molecule has 0 unspecified atom stereocenters. The van der Waals surface area contributed by atoms with Crippen molar-refractivity contribution in [3.8, 4) is 0 Å². The molecule has 0 radical (unpaired) electrons. The highest BCUT2D eigenvalue weighted by Crippen LogP contribution is 2.60. The Balaban J connectivity index is 1.24. The fourth-order valence-corrected chi connectivity index (χ4v) is 5.81. The quantitative estimate of drug-likeness (QED) is 0.743. The first-order valence-electron chi connectivity index (χ1n) is 11.0. The number of hydrogen-bond acceptors (Lipinski definition) is 5. The number of carbonyl (C=O) groups excluding carboxylic acids is 1. The third-order valence-corrected chi connectivity index (χ3v) is 7.73. The first kappa shape index (κ1) is 21.2. The monoisotopic (exact) mass is 458 g/mol. The molecule has 10 heteroatoms. The van der Waals surface area contributed by atoms with Gasteiger partial charge in [-0.25, -0.2) is 0 Å². The zero-order valence-electron chi connectivity index (χ0n) is 17.1. The van der Waals surface area contributed by atoms with Gasteiger partial charge in [0.25, 0.3) is 0 Å². The average Bonchev–Trinajstić information content (AvgIpc) is 3.35. The molecular weight excluding hydrogens is 433 g/mol. The molecule has 0 spiro atoms. The first-order chi connectivity index (χ1) is 14.8. The van der Waals surface area contributed by atoms with Crippen LogP contribution >= 0.6 is 11.6 Å². The maximum absolute atomic E-state index is 13.7. The minimum absolute atomic E-state index is 0.0218. The van der Waals surface area contributed by atoms with E-state index in [1.807, 2.05) is 4.90 Å². The molecule has 6 nitrogen and oxygen atoms in total. The number of rotatable bonds is 4. The van der Waals surface area contributed by atoms with Crippen LogP contribution in [-0.2, 0) is 14.9 Å². The summed E-state index contributed by atoms with van der Waals surface area (Å²) in [6, 6.07) is 1.33. The molecule has 5 rings (SSSR count). The molecule has 1 aromatic rings. The van der Waals surface area contributed by atoms with Gasteiger partial charge in [-0.1, -0.05) is 11.6 Å². The summed E-state index contributed by atoms with van der Waals surface area (Å²) in [6.45, 7) is 2.75. The summed E-state index contributed by atoms with van der Waals surface area (Å²) in [5, 5.41) is 11.0. The second-order valence-electron chi connectivity index (χ2n) is 9.47. The van der Waals surface area contributed by atoms with Gasteiger partial charge in [0.2, 0.25) is 5.91 Å². The van der Waals surface area contributed by atoms with Gasteiger partial charge in [-0.2, -0.15) is 13.2 Å². The van der Waals surface area contributed by atoms with Gasteiger partial charge >= 0.3 is 6.18 Å². The van der Waals surface area contributed by atoms with E-state index in [0.29, 0.717) is 25.0 Å². The summed E-state index contributed by atoms with van der Waals surface area (Å²) < 4.78 is 46.5. The fraction of sp³-hybridized carbons (Fsp3) is 0.762. The second kappa shape index (κ2) is 7.76. The predicted molar refractivity (Wildman–Crippen MR) is 108 cm³/mol. The smallest absolute Gasteiger partial charge is 0.381 e. The minimum atomic E-state index is -4.34. The Labute approximate surface area is 183 Å². The number of amides is 1. The van der Waals surface area contributed by atoms with Crippen LogP contribution in [-0.4, -0.2) is 59.5 Å². The molecule has 1 amide bonds. The maximum Gasteiger partial charge on any atom is 0.398 e. The van der Waals surface area contributed by atoms with Gasteiger partial charge in [-0.3, -0.25) is 4.79 Å². The van der Waals surface area contributed by atoms with Crippen molar-refractivity contribution in [2.75, 3.05) is 31.6 Å². The molecule has 3 heterocycles. The molecule has 31 heavy (non-hydrogen) atoms. The van der Waals surface area contributed by atoms with E-state index in [2.05, 4.69) is 15.5 Å². The van der Waals surface area contributed by atoms with Crippen molar-refractivity contribution >= 4 is 23.3 Å². The van der Waals surface area contributed by atoms with Crippen molar-refractivity contribution in [2.24, 2.45) is 17.8 Å². The van der Waals surface area contributed by atoms with Gasteiger partial charge in [0.05, 0.1) is 5.41 Å². The molecule has 4 fully saturated rings. The SMILES string of the molecule is O=C(C1CCOCC1)N1C[C@H]2C[C@H](Nc3nnc(Cl)cc3C3(C(F)(F)F)CC3)C[C@H]2C1. The van der Waals surface area contributed by atoms with Crippen molar-refractivity contribution < 1.29 is 22.7 Å². The molecule has 170 valence electrons. The lowest BCUT2D eigenvalue weighted by Gasteiger charge is -2.27. The van der Waals surface area contributed by atoms with Crippen LogP contribution in [0.3, 0.4) is 0 Å². The number of ether oxygens (including phenoxy) is 1. The number of anilines is 1. The van der Waals surface area contributed by atoms with Crippen LogP contribution in [0.25, 0.3) is 0 Å². The van der Waals surface area contributed by atoms with E-state index in [4.69, 9.17) is 16.3 Å². The lowest BCUT2D eigenvalue weighted by molar-refractivity contribution is -0.160. The van der Waals surface area contributed by atoms with E-state index in [-0.39, 0.29) is 47.2 Å². The van der Waals surface area contributed by atoms with Crippen LogP contribution in [0.1, 0.15) is 44.1 Å². The van der Waals surface area contributed by atoms with E-state index in [9.17, 15) is 18.0 Å². The predicted octanol–water partition coefficient (Wildman–Crippen LogP) is 3.80. The summed E-state index contributed by atoms with van der Waals surface area (Å²) in [7, 11) is 0. The molecule has 4 aliphatic rings. The van der Waals surface area contributed by atoms with Crippen molar-refractivity contribution in [3.05, 3.63) is 16.8 Å². The van der Waals surface area contributed by atoms with Crippen molar-refractivity contribution in [1.82, 2.24) is 15.1 Å². The fourth-order valence-electron chi connectivity index (χ4n) is 5.66. The van der Waals surface area contributed by atoms with E-state index in [1.165, 1.54) is 6.07 Å². The highest BCUT2D eigenvalue weighted by molar-refractivity contribution is 6.29. The molecule has 3 atom stereocenters. The number of hydrogen-bond donors (Lipinski definition) is 1. The Kier molecular flexibility index (Phi) is 5.32. The summed E-state index contributed by atoms with van der Waals surface area (Å²) in [4.78, 5) is 14.8. The largest absolute Gasteiger partial charge is 0.398 e. The molecule has 1 N–H and O–H groups in total. The summed E-state index contributed by atoms with van der Waals surface area (Å²) in [5.41, 5.74) is -1.76. The number of fused-ring (bicyclic) bond motifs is 1. The van der Waals surface area contributed by atoms with E-state index in [0.717, 1.165) is 38.8 Å². The van der Waals surface area contributed by atoms with Crippen LogP contribution in [0.4, 0.5) is 19.0 Å². The molecule has 2 saturated heterocycles. The van der Waals surface area contributed by atoms with Crippen LogP contribution in [0, 0.1) is 17.8 Å². The lowest BCUT2D eigenvalue weighted by Crippen LogP contribution is -2.38. The topological polar surface area (TPSA) is 67.3 Å². The Morgan fingerprint density at radius 3 is 2.39 bits per heavy atom. The van der Waals surface area contributed by atoms with Crippen molar-refractivity contribution in [3.63, 3.8) is 0 Å². The second-order valence-corrected chi connectivity index (χ2v) is 9.86. The zero-order valence-corrected chi connectivity index (χ0v) is 17.9. The lowest BCUT2D eigenvalue weighted by atomic mass is 9.96. The van der Waals surface area contributed by atoms with Gasteiger partial charge in [0.15, 0.2) is 11.0 Å². The molecule has 2 aliphatic carbocycles. The third-order valence-electron chi connectivity index (χ3n) is 7.55. The molecular formula is C21H26ClF3N4O2. The number of nitrogens with one attached hydrogen (secondary N) is 1. The van der Waals surface area contributed by atoms with Crippen molar-refractivity contribution in [1.29, 1.82) is 0 Å². The minimum Gasteiger partial charge on any atom is -0.381 e. The number of nitrogens with zero attached hydrogens (tertiary/aromatic N) is 3. The van der Waals surface area contributed by atoms with Crippen molar-refractivity contribution in [2.45, 2.75) is 56.2 Å². The summed E-state index contributed by atoms with van der Waals surface area (Å²) in [6.07, 6.45) is -1.05. The highest BCUT2D eigenvalue weighted by Gasteiger charge is 2.65. The van der Waals surface area contributed by atoms with E-state index >= 15 is 0 Å². The third kappa shape index (κ3) is 3.88. The Hall–Kier alpha value is -1.61. The number of halogens is 4. The summed E-state index contributed by atoms with van der Waals surface area (Å²) in [5.74, 6) is 1.21. The maximum atomic E-state index is 13.7. The van der Waals surface area contributed by atoms with Gasteiger partial charge < -0.3 is 15.0 Å². The zero-order chi connectivity index (χ0) is 21.8. The Morgan fingerprint density at radius 2 is 1.81 bits per heavy atom. The van der Waals surface area contributed by atoms with Gasteiger partial charge in [0.1, 0.15) is 0 Å². The number of alkyl halides is 3. The normalized spacial score (nSPS) is 30.3. The van der Waals surface area contributed by atoms with Gasteiger partial charge in [0, 0.05) is 43.8 Å². The number of carbonyl (C=O) groups is 1. The van der Waals surface area contributed by atoms with Crippen LogP contribution in [0.5, 0.6) is 0 Å². The van der Waals surface area contributed by atoms with E-state index in [1.54, 1.807) is 0 Å². The highest BCUT2D eigenvalue weighted by atomic mass is 35.5. The summed E-state index contributed by atoms with van der Waals surface area (Å²) >= 11 is 5.89. The molecule has 1 aromatic heterocycles. The molecule has 2 saturated carbocycles. The van der Waals surface area contributed by atoms with Crippen LogP contribution < -0.4 is 5.32 Å². The molecule has 0 aromatic carbocycles. The molecule has 2 aliphatic heterocycles. The van der Waals surface area contributed by atoms with Crippen LogP contribution in [0.15, 0.2) is 6.07 Å². The Morgan fingerprint density at radius 1 is 1.16 bits per heavy atom. The number of likely N-dealkylation sites (tertiary alicyclic amines) is 1. The first-order valence-corrected chi connectivity index (χ1v) is 11.4. The average molecular weight is 459 g/mol. The number of aromatic nitrogens is 2. The van der Waals surface area contributed by atoms with Gasteiger partial charge in [-0.15, -0.1) is 10.2 Å². The van der Waals surface area contributed by atoms with Gasteiger partial charge in [-0.05, 0) is 56.4 Å². The van der Waals surface area contributed by atoms with E-state index < -0.39 is 11.6 Å². The van der Waals surface area contributed by atoms with Crippen LogP contribution in [0.2, 0.25) is 5.15 Å². The Bertz CT molecular complexity index is 844. The molecule has 0 bridgehead atoms.